The average molecular weight is 327 g/mol. The Morgan fingerprint density at radius 1 is 1.22 bits per heavy atom. The molecule has 7 heteroatoms. The van der Waals surface area contributed by atoms with E-state index in [1.54, 1.807) is 13.4 Å². The average Bonchev–Trinajstić information content (AvgIpc) is 3.04. The molecule has 0 radical (unpaired) electrons. The summed E-state index contributed by atoms with van der Waals surface area (Å²) in [6.45, 7) is 0. The molecule has 1 aliphatic rings. The zero-order valence-electron chi connectivity index (χ0n) is 12.3. The van der Waals surface area contributed by atoms with Crippen LogP contribution in [0.5, 0.6) is 5.75 Å². The zero-order chi connectivity index (χ0) is 15.8. The minimum Gasteiger partial charge on any atom is -0.497 e. The molecule has 4 rings (SSSR count). The topological polar surface area (TPSA) is 55.0 Å². The molecule has 0 aliphatic carbocycles. The molecule has 0 saturated heterocycles. The van der Waals surface area contributed by atoms with Crippen molar-refractivity contribution in [1.82, 2.24) is 14.8 Å². The van der Waals surface area contributed by atoms with Gasteiger partial charge < -0.3 is 4.74 Å². The van der Waals surface area contributed by atoms with Gasteiger partial charge in [0.2, 0.25) is 6.21 Å². The molecular weight excluding hydrogens is 314 g/mol. The van der Waals surface area contributed by atoms with Gasteiger partial charge in [-0.15, -0.1) is 15.6 Å². The van der Waals surface area contributed by atoms with Crippen LogP contribution in [0.2, 0.25) is 5.02 Å². The molecule has 0 unspecified atom stereocenters. The summed E-state index contributed by atoms with van der Waals surface area (Å²) in [4.78, 5) is 0. The van der Waals surface area contributed by atoms with Crippen molar-refractivity contribution < 1.29 is 9.42 Å². The van der Waals surface area contributed by atoms with Gasteiger partial charge in [0.25, 0.3) is 11.6 Å². The van der Waals surface area contributed by atoms with Gasteiger partial charge >= 0.3 is 0 Å². The molecule has 0 spiro atoms. The van der Waals surface area contributed by atoms with Crippen molar-refractivity contribution in [2.45, 2.75) is 0 Å². The van der Waals surface area contributed by atoms with Crippen LogP contribution in [0.15, 0.2) is 48.8 Å². The summed E-state index contributed by atoms with van der Waals surface area (Å²) in [5.74, 6) is 1.46. The third-order valence-corrected chi connectivity index (χ3v) is 3.85. The van der Waals surface area contributed by atoms with E-state index < -0.39 is 0 Å². The fourth-order valence-electron chi connectivity index (χ4n) is 2.49. The molecule has 1 N–H and O–H groups in total. The van der Waals surface area contributed by atoms with Crippen molar-refractivity contribution in [2.24, 2.45) is 0 Å². The predicted molar refractivity (Wildman–Crippen MR) is 88.1 cm³/mol. The van der Waals surface area contributed by atoms with Crippen LogP contribution in [0.3, 0.4) is 0 Å². The Hall–Kier alpha value is -2.86. The first kappa shape index (κ1) is 13.8. The van der Waals surface area contributed by atoms with E-state index in [1.165, 1.54) is 0 Å². The lowest BCUT2D eigenvalue weighted by molar-refractivity contribution is -0.401. The fraction of sp³-hybridized carbons (Fsp3) is 0.0625. The SMILES string of the molecule is COc1ccc(/C=[N+]2\Nc3nncn3-c3ccc(Cl)cc32)cc1. The standard InChI is InChI=1S/C16H13ClN5O/c1-23-13-5-2-11(3-6-13)9-22-15-8-12(17)4-7-14(15)21-10-18-19-16(21)20-22/h2-10H,1H3,(H,19,20)/q+1/b22-9-. The molecule has 2 aromatic carbocycles. The quantitative estimate of drug-likeness (QED) is 0.735. The maximum absolute atomic E-state index is 6.16. The van der Waals surface area contributed by atoms with Gasteiger partial charge in [0, 0.05) is 16.7 Å². The first-order valence-corrected chi connectivity index (χ1v) is 7.37. The Balaban J connectivity index is 1.83. The predicted octanol–water partition coefficient (Wildman–Crippen LogP) is 3.03. The Morgan fingerprint density at radius 3 is 2.83 bits per heavy atom. The number of fused-ring (bicyclic) bond motifs is 3. The van der Waals surface area contributed by atoms with Crippen LogP contribution >= 0.6 is 11.6 Å². The van der Waals surface area contributed by atoms with E-state index >= 15 is 0 Å². The number of nitrogens with zero attached hydrogens (tertiary/aromatic N) is 4. The molecule has 0 atom stereocenters. The molecule has 0 fully saturated rings. The molecular formula is C16H13ClN5O+. The first-order valence-electron chi connectivity index (χ1n) is 6.99. The number of anilines is 1. The van der Waals surface area contributed by atoms with Gasteiger partial charge in [0.1, 0.15) is 17.8 Å². The van der Waals surface area contributed by atoms with Gasteiger partial charge in [-0.25, -0.2) is 0 Å². The van der Waals surface area contributed by atoms with Gasteiger partial charge in [-0.05, 0) is 36.4 Å². The van der Waals surface area contributed by atoms with E-state index in [4.69, 9.17) is 16.3 Å². The minimum absolute atomic E-state index is 0.643. The van der Waals surface area contributed by atoms with Crippen LogP contribution in [-0.4, -0.2) is 32.8 Å². The van der Waals surface area contributed by atoms with E-state index in [-0.39, 0.29) is 0 Å². The number of hydrogen-bond donors (Lipinski definition) is 1. The van der Waals surface area contributed by atoms with Crippen LogP contribution in [0.4, 0.5) is 11.6 Å². The highest BCUT2D eigenvalue weighted by Crippen LogP contribution is 2.32. The van der Waals surface area contributed by atoms with Crippen molar-refractivity contribution in [3.05, 3.63) is 59.4 Å². The molecule has 2 heterocycles. The monoisotopic (exact) mass is 326 g/mol. The number of benzene rings is 2. The molecule has 0 bridgehead atoms. The van der Waals surface area contributed by atoms with Crippen LogP contribution in [0, 0.1) is 0 Å². The van der Waals surface area contributed by atoms with E-state index in [0.29, 0.717) is 11.0 Å². The second-order valence-corrected chi connectivity index (χ2v) is 5.48. The third-order valence-electron chi connectivity index (χ3n) is 3.62. The second kappa shape index (κ2) is 5.40. The summed E-state index contributed by atoms with van der Waals surface area (Å²) >= 11 is 6.16. The molecule has 3 aromatic rings. The van der Waals surface area contributed by atoms with Gasteiger partial charge in [-0.1, -0.05) is 16.3 Å². The normalized spacial score (nSPS) is 14.1. The zero-order valence-corrected chi connectivity index (χ0v) is 13.0. The maximum Gasteiger partial charge on any atom is 0.284 e. The van der Waals surface area contributed by atoms with E-state index in [1.807, 2.05) is 57.9 Å². The Labute approximate surface area is 137 Å². The van der Waals surface area contributed by atoms with Crippen LogP contribution in [0.25, 0.3) is 5.69 Å². The number of rotatable bonds is 2. The Bertz CT molecular complexity index is 901. The summed E-state index contributed by atoms with van der Waals surface area (Å²) in [5.41, 5.74) is 6.10. The molecule has 1 aliphatic heterocycles. The highest BCUT2D eigenvalue weighted by Gasteiger charge is 2.27. The lowest BCUT2D eigenvalue weighted by Crippen LogP contribution is -2.24. The summed E-state index contributed by atoms with van der Waals surface area (Å²) in [7, 11) is 1.65. The number of aromatic nitrogens is 3. The van der Waals surface area contributed by atoms with Crippen LogP contribution < -0.4 is 10.2 Å². The number of methoxy groups -OCH3 is 1. The van der Waals surface area contributed by atoms with E-state index in [0.717, 1.165) is 22.7 Å². The molecule has 6 nitrogen and oxygen atoms in total. The van der Waals surface area contributed by atoms with Gasteiger partial charge in [-0.3, -0.25) is 4.57 Å². The lowest BCUT2D eigenvalue weighted by Gasteiger charge is -2.15. The summed E-state index contributed by atoms with van der Waals surface area (Å²) in [5, 5.41) is 8.70. The molecule has 114 valence electrons. The number of ether oxygens (including phenoxy) is 1. The number of halogens is 1. The number of hydrazone groups is 1. The maximum atomic E-state index is 6.16. The summed E-state index contributed by atoms with van der Waals surface area (Å²) < 4.78 is 8.95. The van der Waals surface area contributed by atoms with Gasteiger partial charge in [0.05, 0.1) is 7.11 Å². The minimum atomic E-state index is 0.643. The highest BCUT2D eigenvalue weighted by atomic mass is 35.5. The second-order valence-electron chi connectivity index (χ2n) is 5.04. The van der Waals surface area contributed by atoms with Crippen molar-refractivity contribution in [3.63, 3.8) is 0 Å². The Morgan fingerprint density at radius 2 is 2.04 bits per heavy atom. The van der Waals surface area contributed by atoms with Crippen LogP contribution in [-0.2, 0) is 0 Å². The largest absolute Gasteiger partial charge is 0.497 e. The van der Waals surface area contributed by atoms with Crippen molar-refractivity contribution in [3.8, 4) is 11.4 Å². The van der Waals surface area contributed by atoms with E-state index in [9.17, 15) is 0 Å². The summed E-state index contributed by atoms with van der Waals surface area (Å²) in [6, 6.07) is 13.5. The van der Waals surface area contributed by atoms with Crippen LogP contribution in [0.1, 0.15) is 5.56 Å². The van der Waals surface area contributed by atoms with Gasteiger partial charge in [0.15, 0.2) is 0 Å². The summed E-state index contributed by atoms with van der Waals surface area (Å²) in [6.07, 6.45) is 3.63. The Kier molecular flexibility index (Phi) is 3.24. The molecule has 1 aromatic heterocycles. The fourth-order valence-corrected chi connectivity index (χ4v) is 2.66. The number of nitrogens with one attached hydrogen (secondary N) is 1. The molecule has 23 heavy (non-hydrogen) atoms. The lowest BCUT2D eigenvalue weighted by atomic mass is 10.2. The van der Waals surface area contributed by atoms with Crippen molar-refractivity contribution in [1.29, 1.82) is 0 Å². The van der Waals surface area contributed by atoms with Gasteiger partial charge in [-0.2, -0.15) is 0 Å². The third kappa shape index (κ3) is 2.43. The molecule has 0 saturated carbocycles. The van der Waals surface area contributed by atoms with Crippen molar-refractivity contribution in [2.75, 3.05) is 12.5 Å². The first-order chi connectivity index (χ1) is 11.2. The van der Waals surface area contributed by atoms with E-state index in [2.05, 4.69) is 15.6 Å². The van der Waals surface area contributed by atoms with Crippen molar-refractivity contribution >= 4 is 29.5 Å². The number of hydrogen-bond acceptors (Lipinski definition) is 4. The smallest absolute Gasteiger partial charge is 0.284 e. The molecule has 0 amide bonds. The number of hydrazine groups is 1. The highest BCUT2D eigenvalue weighted by molar-refractivity contribution is 6.30.